The number of aryl methyl sites for hydroxylation is 2. The van der Waals surface area contributed by atoms with Gasteiger partial charge in [-0.3, -0.25) is 0 Å². The van der Waals surface area contributed by atoms with Crippen LogP contribution in [0.1, 0.15) is 10.7 Å². The van der Waals surface area contributed by atoms with Crippen LogP contribution < -0.4 is 0 Å². The van der Waals surface area contributed by atoms with E-state index in [1.54, 1.807) is 32.8 Å². The highest BCUT2D eigenvalue weighted by Crippen LogP contribution is 2.30. The molecule has 1 saturated heterocycles. The minimum Gasteiger partial charge on any atom is -0.245 e. The summed E-state index contributed by atoms with van der Waals surface area (Å²) in [6.45, 7) is 4.79. The van der Waals surface area contributed by atoms with Crippen LogP contribution in [0.4, 0.5) is 0 Å². The number of hydrogen-bond donors (Lipinski definition) is 0. The maximum atomic E-state index is 12.5. The molecule has 2 heterocycles. The Morgan fingerprint density at radius 2 is 1.76 bits per heavy atom. The summed E-state index contributed by atoms with van der Waals surface area (Å²) in [4.78, 5) is 4.20. The number of nitrogens with zero attached hydrogens (tertiary/aromatic N) is 2. The van der Waals surface area contributed by atoms with Crippen molar-refractivity contribution in [1.82, 2.24) is 9.29 Å². The Hall–Kier alpha value is 0.240. The lowest BCUT2D eigenvalue weighted by Gasteiger charge is -2.18. The van der Waals surface area contributed by atoms with E-state index in [9.17, 15) is 8.42 Å². The van der Waals surface area contributed by atoms with E-state index in [0.717, 1.165) is 16.5 Å². The third-order valence-corrected chi connectivity index (χ3v) is 8.29. The molecular formula is C9H14N2O2S4. The van der Waals surface area contributed by atoms with Gasteiger partial charge in [-0.1, -0.05) is 21.6 Å². The maximum absolute atomic E-state index is 12.5. The van der Waals surface area contributed by atoms with Crippen molar-refractivity contribution in [2.24, 2.45) is 0 Å². The van der Waals surface area contributed by atoms with Crippen LogP contribution in [0.3, 0.4) is 0 Å². The highest BCUT2D eigenvalue weighted by Gasteiger charge is 2.29. The molecule has 1 aliphatic rings. The molecule has 1 aromatic rings. The lowest BCUT2D eigenvalue weighted by Crippen LogP contribution is -2.33. The zero-order valence-electron chi connectivity index (χ0n) is 9.67. The van der Waals surface area contributed by atoms with Crippen molar-refractivity contribution in [3.8, 4) is 0 Å². The second kappa shape index (κ2) is 5.48. The van der Waals surface area contributed by atoms with Crippen LogP contribution in [0.2, 0.25) is 0 Å². The first-order valence-corrected chi connectivity index (χ1v) is 9.95. The minimum atomic E-state index is -3.33. The molecule has 1 fully saturated rings. The summed E-state index contributed by atoms with van der Waals surface area (Å²) >= 11 is 1.27. The molecule has 0 atom stereocenters. The fraction of sp³-hybridized carbons (Fsp3) is 0.667. The topological polar surface area (TPSA) is 50.3 Å². The van der Waals surface area contributed by atoms with Crippen molar-refractivity contribution in [2.45, 2.75) is 18.1 Å². The van der Waals surface area contributed by atoms with E-state index < -0.39 is 10.0 Å². The van der Waals surface area contributed by atoms with Crippen LogP contribution in [-0.4, -0.2) is 42.3 Å². The van der Waals surface area contributed by atoms with E-state index in [4.69, 9.17) is 0 Å². The van der Waals surface area contributed by atoms with Gasteiger partial charge in [0.05, 0.1) is 10.7 Å². The molecule has 0 bridgehead atoms. The van der Waals surface area contributed by atoms with Gasteiger partial charge in [0, 0.05) is 24.6 Å². The summed E-state index contributed by atoms with van der Waals surface area (Å²) in [7, 11) is 0.145. The largest absolute Gasteiger partial charge is 0.254 e. The first-order valence-electron chi connectivity index (χ1n) is 5.20. The molecule has 8 heteroatoms. The molecule has 0 amide bonds. The van der Waals surface area contributed by atoms with E-state index in [1.165, 1.54) is 11.3 Å². The van der Waals surface area contributed by atoms with Gasteiger partial charge in [0.1, 0.15) is 0 Å². The summed E-state index contributed by atoms with van der Waals surface area (Å²) in [6.07, 6.45) is 0. The van der Waals surface area contributed by atoms with Crippen LogP contribution in [0, 0.1) is 13.8 Å². The van der Waals surface area contributed by atoms with E-state index in [2.05, 4.69) is 4.98 Å². The summed E-state index contributed by atoms with van der Waals surface area (Å²) < 4.78 is 26.9. The Kier molecular flexibility index (Phi) is 4.40. The van der Waals surface area contributed by atoms with Crippen molar-refractivity contribution >= 4 is 42.9 Å². The molecule has 96 valence electrons. The van der Waals surface area contributed by atoms with Crippen LogP contribution in [0.15, 0.2) is 4.21 Å². The molecule has 1 aliphatic heterocycles. The molecule has 1 aromatic heterocycles. The average molecular weight is 310 g/mol. The van der Waals surface area contributed by atoms with E-state index >= 15 is 0 Å². The van der Waals surface area contributed by atoms with Gasteiger partial charge in [0.2, 0.25) is 0 Å². The molecule has 2 rings (SSSR count). The average Bonchev–Trinajstić information content (AvgIpc) is 2.52. The molecule has 4 nitrogen and oxygen atoms in total. The van der Waals surface area contributed by atoms with Gasteiger partial charge in [0.25, 0.3) is 10.0 Å². The lowest BCUT2D eigenvalue weighted by molar-refractivity contribution is 0.452. The normalized spacial score (nSPS) is 19.2. The quantitative estimate of drug-likeness (QED) is 0.783. The van der Waals surface area contributed by atoms with Crippen LogP contribution in [0.5, 0.6) is 0 Å². The smallest absolute Gasteiger partial charge is 0.245 e. The van der Waals surface area contributed by atoms with Gasteiger partial charge in [0.15, 0.2) is 4.21 Å². The Balaban J connectivity index is 2.31. The maximum Gasteiger partial charge on any atom is 0.254 e. The molecule has 0 N–H and O–H groups in total. The molecule has 0 unspecified atom stereocenters. The zero-order valence-corrected chi connectivity index (χ0v) is 12.9. The fourth-order valence-corrected chi connectivity index (χ4v) is 6.89. The van der Waals surface area contributed by atoms with Crippen molar-refractivity contribution in [3.05, 3.63) is 10.7 Å². The highest BCUT2D eigenvalue weighted by atomic mass is 33.1. The number of thiazole rings is 1. The molecular weight excluding hydrogens is 296 g/mol. The standard InChI is InChI=1S/C9H14N2O2S4/c1-7-9(16-8(2)10-7)17(12,13)11-3-5-14-15-6-4-11/h3-6H2,1-2H3. The SMILES string of the molecule is Cc1nc(C)c(S(=O)(=O)N2CCSSCC2)s1. The van der Waals surface area contributed by atoms with E-state index in [-0.39, 0.29) is 0 Å². The number of aromatic nitrogens is 1. The molecule has 0 aromatic carbocycles. The highest BCUT2D eigenvalue weighted by molar-refractivity contribution is 8.76. The number of rotatable bonds is 2. The van der Waals surface area contributed by atoms with Crippen molar-refractivity contribution < 1.29 is 8.42 Å². The first kappa shape index (κ1) is 13.7. The monoisotopic (exact) mass is 310 g/mol. The lowest BCUT2D eigenvalue weighted by atomic mass is 10.6. The van der Waals surface area contributed by atoms with Gasteiger partial charge in [-0.15, -0.1) is 11.3 Å². The van der Waals surface area contributed by atoms with Crippen molar-refractivity contribution in [2.75, 3.05) is 24.6 Å². The van der Waals surface area contributed by atoms with Crippen LogP contribution in [-0.2, 0) is 10.0 Å². The summed E-state index contributed by atoms with van der Waals surface area (Å²) in [5.41, 5.74) is 0.622. The zero-order chi connectivity index (χ0) is 12.5. The minimum absolute atomic E-state index is 0.409. The fourth-order valence-electron chi connectivity index (χ4n) is 1.62. The van der Waals surface area contributed by atoms with Crippen LogP contribution >= 0.6 is 32.9 Å². The van der Waals surface area contributed by atoms with Gasteiger partial charge >= 0.3 is 0 Å². The Labute approximate surface area is 114 Å². The predicted octanol–water partition coefficient (Wildman–Crippen LogP) is 2.15. The first-order chi connectivity index (χ1) is 8.01. The van der Waals surface area contributed by atoms with Gasteiger partial charge < -0.3 is 0 Å². The number of hydrogen-bond acceptors (Lipinski definition) is 6. The van der Waals surface area contributed by atoms with E-state index in [0.29, 0.717) is 23.0 Å². The molecule has 0 saturated carbocycles. The molecule has 0 radical (unpaired) electrons. The number of sulfonamides is 1. The van der Waals surface area contributed by atoms with E-state index in [1.807, 2.05) is 6.92 Å². The van der Waals surface area contributed by atoms with Crippen molar-refractivity contribution in [3.63, 3.8) is 0 Å². The second-order valence-corrected chi connectivity index (χ2v) is 9.69. The Morgan fingerprint density at radius 1 is 1.18 bits per heavy atom. The Morgan fingerprint density at radius 3 is 2.24 bits per heavy atom. The third kappa shape index (κ3) is 2.98. The predicted molar refractivity (Wildman–Crippen MR) is 75.3 cm³/mol. The third-order valence-electron chi connectivity index (χ3n) is 2.37. The summed E-state index contributed by atoms with van der Waals surface area (Å²) in [5.74, 6) is 1.70. The van der Waals surface area contributed by atoms with Crippen LogP contribution in [0.25, 0.3) is 0 Å². The Bertz CT molecular complexity index is 489. The van der Waals surface area contributed by atoms with Gasteiger partial charge in [-0.2, -0.15) is 4.31 Å². The molecule has 0 spiro atoms. The molecule has 17 heavy (non-hydrogen) atoms. The molecule has 0 aliphatic carbocycles. The summed E-state index contributed by atoms with van der Waals surface area (Å²) in [5, 5.41) is 0.805. The van der Waals surface area contributed by atoms with Crippen molar-refractivity contribution in [1.29, 1.82) is 0 Å². The van der Waals surface area contributed by atoms with Gasteiger partial charge in [-0.25, -0.2) is 13.4 Å². The summed E-state index contributed by atoms with van der Waals surface area (Å²) in [6, 6.07) is 0. The second-order valence-electron chi connectivity index (χ2n) is 3.65. The van der Waals surface area contributed by atoms with Gasteiger partial charge in [-0.05, 0) is 13.8 Å².